The highest BCUT2D eigenvalue weighted by molar-refractivity contribution is 5.80. The molecule has 0 aliphatic carbocycles. The first-order valence-corrected chi connectivity index (χ1v) is 5.11. The van der Waals surface area contributed by atoms with Crippen LogP contribution in [0.25, 0.3) is 22.5 Å². The van der Waals surface area contributed by atoms with Crippen molar-refractivity contribution >= 4 is 11.0 Å². The zero-order chi connectivity index (χ0) is 11.1. The monoisotopic (exact) mass is 213 g/mol. The minimum atomic E-state index is 0.645. The molecule has 1 aromatic carbocycles. The summed E-state index contributed by atoms with van der Waals surface area (Å²) in [6.07, 6.45) is 1.65. The lowest BCUT2D eigenvalue weighted by molar-refractivity contribution is 0.573. The summed E-state index contributed by atoms with van der Waals surface area (Å²) in [6, 6.07) is 5.93. The number of aromatic amines is 1. The zero-order valence-electron chi connectivity index (χ0n) is 9.11. The van der Waals surface area contributed by atoms with Crippen LogP contribution < -0.4 is 0 Å². The average molecular weight is 213 g/mol. The van der Waals surface area contributed by atoms with Crippen molar-refractivity contribution in [3.63, 3.8) is 0 Å². The van der Waals surface area contributed by atoms with E-state index in [2.05, 4.69) is 15.0 Å². The normalized spacial score (nSPS) is 11.1. The Kier molecular flexibility index (Phi) is 1.83. The summed E-state index contributed by atoms with van der Waals surface area (Å²) in [7, 11) is 0. The number of imidazole rings is 1. The molecule has 0 radical (unpaired) electrons. The number of nitrogens with zero attached hydrogens (tertiary/aromatic N) is 2. The van der Waals surface area contributed by atoms with Gasteiger partial charge in [-0.2, -0.15) is 0 Å². The van der Waals surface area contributed by atoms with Gasteiger partial charge in [0.1, 0.15) is 12.1 Å². The molecular formula is C12H11N3O. The van der Waals surface area contributed by atoms with Gasteiger partial charge in [-0.3, -0.25) is 0 Å². The molecule has 2 aromatic heterocycles. The van der Waals surface area contributed by atoms with E-state index >= 15 is 0 Å². The first-order chi connectivity index (χ1) is 7.72. The number of benzene rings is 1. The lowest BCUT2D eigenvalue weighted by atomic mass is 10.2. The molecule has 0 saturated heterocycles. The van der Waals surface area contributed by atoms with E-state index < -0.39 is 0 Å². The topological polar surface area (TPSA) is 54.7 Å². The van der Waals surface area contributed by atoms with Crippen molar-refractivity contribution in [2.75, 3.05) is 0 Å². The molecule has 2 heterocycles. The number of aromatic nitrogens is 3. The first kappa shape index (κ1) is 9.15. The summed E-state index contributed by atoms with van der Waals surface area (Å²) >= 11 is 0. The maximum absolute atomic E-state index is 5.36. The molecule has 3 rings (SSSR count). The first-order valence-electron chi connectivity index (χ1n) is 5.11. The van der Waals surface area contributed by atoms with Gasteiger partial charge in [-0.05, 0) is 32.0 Å². The van der Waals surface area contributed by atoms with E-state index in [9.17, 15) is 0 Å². The molecule has 0 aliphatic rings. The maximum atomic E-state index is 5.36. The van der Waals surface area contributed by atoms with E-state index in [1.54, 1.807) is 6.26 Å². The molecule has 0 atom stereocenters. The molecule has 1 N–H and O–H groups in total. The van der Waals surface area contributed by atoms with Crippen LogP contribution in [0.15, 0.2) is 28.9 Å². The Balaban J connectivity index is 2.17. The predicted molar refractivity (Wildman–Crippen MR) is 61.1 cm³/mol. The second kappa shape index (κ2) is 3.20. The van der Waals surface area contributed by atoms with Crippen molar-refractivity contribution in [3.8, 4) is 11.5 Å². The fourth-order valence-corrected chi connectivity index (χ4v) is 1.76. The van der Waals surface area contributed by atoms with Crippen LogP contribution in [0, 0.1) is 13.8 Å². The number of oxazole rings is 1. The second-order valence-electron chi connectivity index (χ2n) is 3.85. The Morgan fingerprint density at radius 3 is 2.81 bits per heavy atom. The molecule has 3 aromatic rings. The predicted octanol–water partition coefficient (Wildman–Crippen LogP) is 2.83. The zero-order valence-corrected chi connectivity index (χ0v) is 9.11. The lowest BCUT2D eigenvalue weighted by Gasteiger charge is -1.94. The van der Waals surface area contributed by atoms with E-state index in [1.807, 2.05) is 32.0 Å². The van der Waals surface area contributed by atoms with E-state index in [0.29, 0.717) is 5.89 Å². The second-order valence-corrected chi connectivity index (χ2v) is 3.85. The Morgan fingerprint density at radius 2 is 2.06 bits per heavy atom. The quantitative estimate of drug-likeness (QED) is 0.676. The van der Waals surface area contributed by atoms with Gasteiger partial charge in [0.15, 0.2) is 0 Å². The van der Waals surface area contributed by atoms with Crippen molar-refractivity contribution in [1.29, 1.82) is 0 Å². The van der Waals surface area contributed by atoms with Crippen LogP contribution in [-0.4, -0.2) is 15.0 Å². The summed E-state index contributed by atoms with van der Waals surface area (Å²) in [5.74, 6) is 1.56. The minimum Gasteiger partial charge on any atom is -0.444 e. The molecule has 0 amide bonds. The number of rotatable bonds is 1. The number of aryl methyl sites for hydroxylation is 2. The SMILES string of the molecule is Cc1coc(-c2ccc3nc(C)[nH]c3c2)n1. The Morgan fingerprint density at radius 1 is 1.19 bits per heavy atom. The van der Waals surface area contributed by atoms with Gasteiger partial charge in [0.05, 0.1) is 16.7 Å². The minimum absolute atomic E-state index is 0.645. The number of hydrogen-bond acceptors (Lipinski definition) is 3. The Labute approximate surface area is 92.3 Å². The molecule has 0 aliphatic heterocycles. The largest absolute Gasteiger partial charge is 0.444 e. The molecule has 80 valence electrons. The van der Waals surface area contributed by atoms with Gasteiger partial charge >= 0.3 is 0 Å². The van der Waals surface area contributed by atoms with Crippen molar-refractivity contribution in [2.45, 2.75) is 13.8 Å². The molecule has 0 spiro atoms. The summed E-state index contributed by atoms with van der Waals surface area (Å²) in [6.45, 7) is 3.85. The molecule has 0 fully saturated rings. The van der Waals surface area contributed by atoms with Gasteiger partial charge in [-0.25, -0.2) is 9.97 Å². The van der Waals surface area contributed by atoms with Crippen LogP contribution in [0.1, 0.15) is 11.5 Å². The van der Waals surface area contributed by atoms with E-state index in [0.717, 1.165) is 28.1 Å². The molecule has 16 heavy (non-hydrogen) atoms. The standard InChI is InChI=1S/C12H11N3O/c1-7-6-16-12(13-7)9-3-4-10-11(5-9)15-8(2)14-10/h3-6H,1-2H3,(H,14,15). The van der Waals surface area contributed by atoms with Crippen LogP contribution in [0.4, 0.5) is 0 Å². The van der Waals surface area contributed by atoms with Crippen LogP contribution >= 0.6 is 0 Å². The van der Waals surface area contributed by atoms with Crippen LogP contribution in [-0.2, 0) is 0 Å². The summed E-state index contributed by atoms with van der Waals surface area (Å²) in [5, 5.41) is 0. The fraction of sp³-hybridized carbons (Fsp3) is 0.167. The molecule has 4 heteroatoms. The van der Waals surface area contributed by atoms with Gasteiger partial charge in [0, 0.05) is 5.56 Å². The van der Waals surface area contributed by atoms with Crippen molar-refractivity contribution in [2.24, 2.45) is 0 Å². The highest BCUT2D eigenvalue weighted by atomic mass is 16.3. The van der Waals surface area contributed by atoms with Crippen molar-refractivity contribution in [3.05, 3.63) is 36.0 Å². The molecule has 0 bridgehead atoms. The van der Waals surface area contributed by atoms with Gasteiger partial charge in [0.2, 0.25) is 5.89 Å². The molecule has 4 nitrogen and oxygen atoms in total. The Hall–Kier alpha value is -2.10. The van der Waals surface area contributed by atoms with Gasteiger partial charge in [-0.1, -0.05) is 0 Å². The van der Waals surface area contributed by atoms with E-state index in [1.165, 1.54) is 0 Å². The number of fused-ring (bicyclic) bond motifs is 1. The smallest absolute Gasteiger partial charge is 0.226 e. The third-order valence-corrected chi connectivity index (χ3v) is 2.47. The fourth-order valence-electron chi connectivity index (χ4n) is 1.76. The van der Waals surface area contributed by atoms with Gasteiger partial charge < -0.3 is 9.40 Å². The third-order valence-electron chi connectivity index (χ3n) is 2.47. The summed E-state index contributed by atoms with van der Waals surface area (Å²) in [4.78, 5) is 11.8. The van der Waals surface area contributed by atoms with E-state index in [4.69, 9.17) is 4.42 Å². The number of H-pyrrole nitrogens is 1. The van der Waals surface area contributed by atoms with Crippen molar-refractivity contribution < 1.29 is 4.42 Å². The van der Waals surface area contributed by atoms with Crippen molar-refractivity contribution in [1.82, 2.24) is 15.0 Å². The van der Waals surface area contributed by atoms with Crippen LogP contribution in [0.3, 0.4) is 0 Å². The average Bonchev–Trinajstić information content (AvgIpc) is 2.81. The highest BCUT2D eigenvalue weighted by Crippen LogP contribution is 2.22. The van der Waals surface area contributed by atoms with Gasteiger partial charge in [-0.15, -0.1) is 0 Å². The molecule has 0 saturated carbocycles. The third kappa shape index (κ3) is 1.39. The number of nitrogens with one attached hydrogen (secondary N) is 1. The Bertz CT molecular complexity index is 651. The summed E-state index contributed by atoms with van der Waals surface area (Å²) < 4.78 is 5.36. The highest BCUT2D eigenvalue weighted by Gasteiger charge is 2.06. The van der Waals surface area contributed by atoms with Gasteiger partial charge in [0.25, 0.3) is 0 Å². The molecular weight excluding hydrogens is 202 g/mol. The van der Waals surface area contributed by atoms with Crippen LogP contribution in [0.2, 0.25) is 0 Å². The van der Waals surface area contributed by atoms with Crippen LogP contribution in [0.5, 0.6) is 0 Å². The molecule has 0 unspecified atom stereocenters. The summed E-state index contributed by atoms with van der Waals surface area (Å²) in [5.41, 5.74) is 3.82. The lowest BCUT2D eigenvalue weighted by Crippen LogP contribution is -1.78. The maximum Gasteiger partial charge on any atom is 0.226 e. The number of hydrogen-bond donors (Lipinski definition) is 1. The van der Waals surface area contributed by atoms with E-state index in [-0.39, 0.29) is 0 Å².